The molecule has 2 heterocycles. The Hall–Kier alpha value is -3.36. The average Bonchev–Trinajstić information content (AvgIpc) is 3.50. The third-order valence-corrected chi connectivity index (χ3v) is 6.72. The number of thiazole rings is 1. The van der Waals surface area contributed by atoms with Crippen molar-refractivity contribution in [2.45, 2.75) is 26.8 Å². The van der Waals surface area contributed by atoms with E-state index in [0.717, 1.165) is 34.3 Å². The number of anilines is 1. The molecule has 0 atom stereocenters. The number of halogens is 1. The molecule has 0 spiro atoms. The Kier molecular flexibility index (Phi) is 8.89. The Morgan fingerprint density at radius 2 is 1.94 bits per heavy atom. The number of carbonyl (C=O) groups is 1. The van der Waals surface area contributed by atoms with Crippen LogP contribution in [-0.2, 0) is 11.3 Å². The minimum Gasteiger partial charge on any atom is -0.493 e. The van der Waals surface area contributed by atoms with Gasteiger partial charge < -0.3 is 14.0 Å². The van der Waals surface area contributed by atoms with E-state index in [1.54, 1.807) is 55.1 Å². The minimum absolute atomic E-state index is 0. The molecule has 2 aromatic carbocycles. The van der Waals surface area contributed by atoms with Crippen LogP contribution in [0.5, 0.6) is 11.5 Å². The van der Waals surface area contributed by atoms with Crippen LogP contribution in [0.4, 0.5) is 5.13 Å². The van der Waals surface area contributed by atoms with Gasteiger partial charge in [0.05, 0.1) is 30.8 Å². The van der Waals surface area contributed by atoms with Gasteiger partial charge in [-0.05, 0) is 61.2 Å². The number of benzene rings is 2. The molecular formula is C26H29ClN4O3S. The van der Waals surface area contributed by atoms with E-state index in [4.69, 9.17) is 14.5 Å². The number of aryl methyl sites for hydroxylation is 3. The summed E-state index contributed by atoms with van der Waals surface area (Å²) in [5.74, 6) is 1.15. The second-order valence-corrected chi connectivity index (χ2v) is 9.00. The van der Waals surface area contributed by atoms with Gasteiger partial charge >= 0.3 is 0 Å². The van der Waals surface area contributed by atoms with E-state index < -0.39 is 0 Å². The van der Waals surface area contributed by atoms with Crippen molar-refractivity contribution in [1.82, 2.24) is 14.5 Å². The lowest BCUT2D eigenvalue weighted by Crippen LogP contribution is -2.30. The van der Waals surface area contributed by atoms with Crippen molar-refractivity contribution < 1.29 is 14.3 Å². The first-order valence-corrected chi connectivity index (χ1v) is 11.9. The Morgan fingerprint density at radius 3 is 2.66 bits per heavy atom. The highest BCUT2D eigenvalue weighted by Crippen LogP contribution is 2.33. The van der Waals surface area contributed by atoms with Crippen LogP contribution < -0.4 is 14.4 Å². The second kappa shape index (κ2) is 11.9. The van der Waals surface area contributed by atoms with E-state index in [1.807, 2.05) is 29.0 Å². The normalized spacial score (nSPS) is 11.0. The van der Waals surface area contributed by atoms with Crippen molar-refractivity contribution in [1.29, 1.82) is 0 Å². The van der Waals surface area contributed by atoms with Crippen molar-refractivity contribution in [2.24, 2.45) is 0 Å². The lowest BCUT2D eigenvalue weighted by Gasteiger charge is -2.18. The summed E-state index contributed by atoms with van der Waals surface area (Å²) >= 11 is 1.55. The van der Waals surface area contributed by atoms with E-state index in [9.17, 15) is 4.79 Å². The zero-order valence-electron chi connectivity index (χ0n) is 20.2. The van der Waals surface area contributed by atoms with Gasteiger partial charge in [-0.1, -0.05) is 23.5 Å². The first-order chi connectivity index (χ1) is 16.5. The molecule has 0 aliphatic heterocycles. The second-order valence-electron chi connectivity index (χ2n) is 8.02. The number of rotatable bonds is 9. The topological polar surface area (TPSA) is 69.5 Å². The molecule has 35 heavy (non-hydrogen) atoms. The Morgan fingerprint density at radius 1 is 1.14 bits per heavy atom. The van der Waals surface area contributed by atoms with Crippen LogP contribution in [0.2, 0.25) is 0 Å². The number of fused-ring (bicyclic) bond motifs is 1. The van der Waals surface area contributed by atoms with Gasteiger partial charge in [0.1, 0.15) is 0 Å². The Bertz CT molecular complexity index is 1320. The number of ether oxygens (including phenoxy) is 2. The highest BCUT2D eigenvalue weighted by atomic mass is 35.5. The molecule has 0 fully saturated rings. The summed E-state index contributed by atoms with van der Waals surface area (Å²) in [6, 6.07) is 9.76. The molecule has 0 saturated carbocycles. The molecule has 4 aromatic rings. The Labute approximate surface area is 215 Å². The summed E-state index contributed by atoms with van der Waals surface area (Å²) < 4.78 is 13.8. The average molecular weight is 513 g/mol. The monoisotopic (exact) mass is 512 g/mol. The van der Waals surface area contributed by atoms with Gasteiger partial charge in [-0.3, -0.25) is 9.69 Å². The highest BCUT2D eigenvalue weighted by molar-refractivity contribution is 7.22. The lowest BCUT2D eigenvalue weighted by atomic mass is 10.1. The fraction of sp³-hybridized carbons (Fsp3) is 0.269. The van der Waals surface area contributed by atoms with E-state index >= 15 is 0 Å². The van der Waals surface area contributed by atoms with Crippen molar-refractivity contribution in [3.63, 3.8) is 0 Å². The molecule has 2 aromatic heterocycles. The molecule has 0 saturated heterocycles. The van der Waals surface area contributed by atoms with Gasteiger partial charge in [-0.2, -0.15) is 0 Å². The zero-order chi connectivity index (χ0) is 24.1. The fourth-order valence-electron chi connectivity index (χ4n) is 3.82. The summed E-state index contributed by atoms with van der Waals surface area (Å²) in [7, 11) is 3.19. The molecule has 0 N–H and O–H groups in total. The number of imidazole rings is 1. The number of hydrogen-bond donors (Lipinski definition) is 0. The van der Waals surface area contributed by atoms with E-state index in [0.29, 0.717) is 23.2 Å². The van der Waals surface area contributed by atoms with Crippen molar-refractivity contribution in [3.8, 4) is 11.5 Å². The third kappa shape index (κ3) is 6.21. The minimum atomic E-state index is -0.117. The van der Waals surface area contributed by atoms with Crippen LogP contribution in [0, 0.1) is 13.8 Å². The standard InChI is InChI=1S/C26H28N4O3S.ClH/c1-18-14-19(2)25-21(15-18)28-26(34-25)30(12-5-11-29-13-10-27-17-29)24(31)9-7-20-6-8-22(32-3)23(16-20)33-4;/h6-10,13-17H,5,11-12H2,1-4H3;1H/b9-7+;. The van der Waals surface area contributed by atoms with Crippen LogP contribution in [0.15, 0.2) is 55.1 Å². The summed E-state index contributed by atoms with van der Waals surface area (Å²) in [4.78, 5) is 24.0. The molecule has 184 valence electrons. The highest BCUT2D eigenvalue weighted by Gasteiger charge is 2.19. The maximum absolute atomic E-state index is 13.3. The molecule has 4 rings (SSSR count). The number of aromatic nitrogens is 3. The predicted molar refractivity (Wildman–Crippen MR) is 144 cm³/mol. The van der Waals surface area contributed by atoms with Gasteiger partial charge in [0.15, 0.2) is 16.6 Å². The fourth-order valence-corrected chi connectivity index (χ4v) is 4.87. The summed E-state index contributed by atoms with van der Waals surface area (Å²) in [5.41, 5.74) is 4.10. The SMILES string of the molecule is COc1ccc(/C=C/C(=O)N(CCCn2ccnc2)c2nc3cc(C)cc(C)c3s2)cc1OC.Cl. The number of nitrogens with zero attached hydrogens (tertiary/aromatic N) is 4. The number of methoxy groups -OCH3 is 2. The summed E-state index contributed by atoms with van der Waals surface area (Å²) in [6.45, 7) is 5.46. The largest absolute Gasteiger partial charge is 0.493 e. The van der Waals surface area contributed by atoms with Gasteiger partial charge in [0.25, 0.3) is 5.91 Å². The van der Waals surface area contributed by atoms with Gasteiger partial charge in [0.2, 0.25) is 0 Å². The molecule has 0 aliphatic rings. The Balaban J connectivity index is 0.00000342. The van der Waals surface area contributed by atoms with Gasteiger partial charge in [0, 0.05) is 31.6 Å². The molecule has 7 nitrogen and oxygen atoms in total. The first-order valence-electron chi connectivity index (χ1n) is 11.0. The smallest absolute Gasteiger partial charge is 0.252 e. The molecule has 1 amide bonds. The van der Waals surface area contributed by atoms with Crippen molar-refractivity contribution >= 4 is 51.1 Å². The van der Waals surface area contributed by atoms with Crippen LogP contribution in [-0.4, -0.2) is 41.2 Å². The molecule has 9 heteroatoms. The third-order valence-electron chi connectivity index (χ3n) is 5.49. The maximum Gasteiger partial charge on any atom is 0.252 e. The number of hydrogen-bond acceptors (Lipinski definition) is 6. The first kappa shape index (κ1) is 26.2. The molecule has 0 aliphatic carbocycles. The van der Waals surface area contributed by atoms with Crippen molar-refractivity contribution in [3.05, 3.63) is 71.8 Å². The molecule has 0 bridgehead atoms. The van der Waals surface area contributed by atoms with Crippen LogP contribution in [0.3, 0.4) is 0 Å². The summed E-state index contributed by atoms with van der Waals surface area (Å²) in [5, 5.41) is 0.705. The lowest BCUT2D eigenvalue weighted by molar-refractivity contribution is -0.114. The van der Waals surface area contributed by atoms with Crippen LogP contribution >= 0.6 is 23.7 Å². The molecule has 0 radical (unpaired) electrons. The van der Waals surface area contributed by atoms with E-state index in [2.05, 4.69) is 31.0 Å². The summed E-state index contributed by atoms with van der Waals surface area (Å²) in [6.07, 6.45) is 9.62. The maximum atomic E-state index is 13.3. The number of carbonyl (C=O) groups excluding carboxylic acids is 1. The predicted octanol–water partition coefficient (Wildman–Crippen LogP) is 5.69. The van der Waals surface area contributed by atoms with Crippen LogP contribution in [0.1, 0.15) is 23.1 Å². The molecule has 0 unspecified atom stereocenters. The van der Waals surface area contributed by atoms with E-state index in [-0.39, 0.29) is 18.3 Å². The quantitative estimate of drug-likeness (QED) is 0.270. The van der Waals surface area contributed by atoms with Gasteiger partial charge in [-0.15, -0.1) is 12.4 Å². The van der Waals surface area contributed by atoms with Gasteiger partial charge in [-0.25, -0.2) is 9.97 Å². The van der Waals surface area contributed by atoms with Crippen molar-refractivity contribution in [2.75, 3.05) is 25.7 Å². The van der Waals surface area contributed by atoms with E-state index in [1.165, 1.54) is 5.56 Å². The number of amides is 1. The molecular weight excluding hydrogens is 484 g/mol. The zero-order valence-corrected chi connectivity index (χ0v) is 21.9. The van der Waals surface area contributed by atoms with Crippen LogP contribution in [0.25, 0.3) is 16.3 Å².